The van der Waals surface area contributed by atoms with Gasteiger partial charge in [-0.3, -0.25) is 9.89 Å². The van der Waals surface area contributed by atoms with Crippen LogP contribution in [0.2, 0.25) is 0 Å². The van der Waals surface area contributed by atoms with Gasteiger partial charge in [-0.15, -0.1) is 11.6 Å². The quantitative estimate of drug-likeness (QED) is 0.602. The molecule has 0 aromatic carbocycles. The lowest BCUT2D eigenvalue weighted by Gasteiger charge is -2.04. The summed E-state index contributed by atoms with van der Waals surface area (Å²) >= 11 is 5.41. The van der Waals surface area contributed by atoms with Gasteiger partial charge in [0.15, 0.2) is 0 Å². The van der Waals surface area contributed by atoms with Gasteiger partial charge in [-0.05, 0) is 6.92 Å². The van der Waals surface area contributed by atoms with Crippen molar-refractivity contribution in [3.8, 4) is 0 Å². The fourth-order valence-corrected chi connectivity index (χ4v) is 1.20. The monoisotopic (exact) mass is 245 g/mol. The molecule has 2 N–H and O–H groups in total. The average Bonchev–Trinajstić information content (AvgIpc) is 2.66. The standard InChI is InChI=1S/C9H12ClN3O3/c1-2-16-9(15)6-5-11-13-8(6)12-7(14)3-4-10/h5H,2-4H2,1H3,(H2,11,12,13,14). The van der Waals surface area contributed by atoms with Crippen LogP contribution in [-0.2, 0) is 9.53 Å². The predicted molar refractivity (Wildman–Crippen MR) is 58.5 cm³/mol. The van der Waals surface area contributed by atoms with Crippen LogP contribution >= 0.6 is 11.6 Å². The van der Waals surface area contributed by atoms with Gasteiger partial charge < -0.3 is 10.1 Å². The van der Waals surface area contributed by atoms with Gasteiger partial charge in [-0.2, -0.15) is 5.10 Å². The zero-order valence-electron chi connectivity index (χ0n) is 8.75. The topological polar surface area (TPSA) is 84.1 Å². The fraction of sp³-hybridized carbons (Fsp3) is 0.444. The Hall–Kier alpha value is -1.56. The minimum atomic E-state index is -0.530. The number of carbonyl (C=O) groups is 2. The van der Waals surface area contributed by atoms with Crippen molar-refractivity contribution in [3.05, 3.63) is 11.8 Å². The molecule has 1 heterocycles. The summed E-state index contributed by atoms with van der Waals surface area (Å²) in [6.45, 7) is 1.96. The van der Waals surface area contributed by atoms with E-state index in [9.17, 15) is 9.59 Å². The van der Waals surface area contributed by atoms with Crippen molar-refractivity contribution < 1.29 is 14.3 Å². The number of anilines is 1. The molecule has 16 heavy (non-hydrogen) atoms. The first-order valence-electron chi connectivity index (χ1n) is 4.75. The third kappa shape index (κ3) is 3.23. The lowest BCUT2D eigenvalue weighted by molar-refractivity contribution is -0.115. The molecule has 1 aromatic rings. The van der Waals surface area contributed by atoms with E-state index in [-0.39, 0.29) is 36.2 Å². The molecule has 0 fully saturated rings. The molecule has 0 aliphatic rings. The Labute approximate surface area is 97.3 Å². The highest BCUT2D eigenvalue weighted by Crippen LogP contribution is 2.12. The van der Waals surface area contributed by atoms with Crippen molar-refractivity contribution in [2.45, 2.75) is 13.3 Å². The van der Waals surface area contributed by atoms with E-state index < -0.39 is 5.97 Å². The molecule has 0 aliphatic carbocycles. The summed E-state index contributed by atoms with van der Waals surface area (Å²) in [5.41, 5.74) is 0.199. The molecule has 0 bridgehead atoms. The number of alkyl halides is 1. The smallest absolute Gasteiger partial charge is 0.343 e. The van der Waals surface area contributed by atoms with E-state index in [0.29, 0.717) is 0 Å². The summed E-state index contributed by atoms with van der Waals surface area (Å²) < 4.78 is 4.79. The molecule has 1 rings (SSSR count). The van der Waals surface area contributed by atoms with Crippen LogP contribution in [0.25, 0.3) is 0 Å². The van der Waals surface area contributed by atoms with E-state index in [4.69, 9.17) is 16.3 Å². The number of aromatic nitrogens is 2. The van der Waals surface area contributed by atoms with Gasteiger partial charge in [0.1, 0.15) is 11.4 Å². The average molecular weight is 246 g/mol. The van der Waals surface area contributed by atoms with E-state index in [1.807, 2.05) is 0 Å². The lowest BCUT2D eigenvalue weighted by Crippen LogP contribution is -2.15. The fourth-order valence-electron chi connectivity index (χ4n) is 1.03. The highest BCUT2D eigenvalue weighted by Gasteiger charge is 2.16. The first kappa shape index (κ1) is 12.5. The molecular weight excluding hydrogens is 234 g/mol. The molecule has 0 atom stereocenters. The number of rotatable bonds is 5. The molecule has 0 aliphatic heterocycles. The van der Waals surface area contributed by atoms with Crippen molar-refractivity contribution in [3.63, 3.8) is 0 Å². The van der Waals surface area contributed by atoms with Gasteiger partial charge in [0, 0.05) is 12.3 Å². The van der Waals surface area contributed by atoms with Crippen LogP contribution < -0.4 is 5.32 Å². The Morgan fingerprint density at radius 1 is 1.62 bits per heavy atom. The predicted octanol–water partition coefficient (Wildman–Crippen LogP) is 1.15. The SMILES string of the molecule is CCOC(=O)c1cn[nH]c1NC(=O)CCCl. The number of ether oxygens (including phenoxy) is 1. The zero-order valence-corrected chi connectivity index (χ0v) is 9.50. The molecule has 1 amide bonds. The molecule has 7 heteroatoms. The minimum Gasteiger partial charge on any atom is -0.462 e. The number of H-pyrrole nitrogens is 1. The number of halogens is 1. The third-order valence-electron chi connectivity index (χ3n) is 1.72. The van der Waals surface area contributed by atoms with Gasteiger partial charge in [-0.25, -0.2) is 4.79 Å². The normalized spacial score (nSPS) is 9.88. The molecule has 0 saturated heterocycles. The van der Waals surface area contributed by atoms with E-state index >= 15 is 0 Å². The van der Waals surface area contributed by atoms with E-state index in [1.54, 1.807) is 6.92 Å². The summed E-state index contributed by atoms with van der Waals surface area (Å²) in [6, 6.07) is 0. The van der Waals surface area contributed by atoms with Crippen molar-refractivity contribution in [1.82, 2.24) is 10.2 Å². The second-order valence-electron chi connectivity index (χ2n) is 2.87. The van der Waals surface area contributed by atoms with Crippen LogP contribution in [0.1, 0.15) is 23.7 Å². The van der Waals surface area contributed by atoms with Gasteiger partial charge in [-0.1, -0.05) is 0 Å². The molecule has 0 spiro atoms. The second-order valence-corrected chi connectivity index (χ2v) is 3.24. The summed E-state index contributed by atoms with van der Waals surface area (Å²) in [7, 11) is 0. The van der Waals surface area contributed by atoms with Crippen molar-refractivity contribution in [2.75, 3.05) is 17.8 Å². The largest absolute Gasteiger partial charge is 0.462 e. The maximum atomic E-state index is 11.4. The van der Waals surface area contributed by atoms with Gasteiger partial charge in [0.05, 0.1) is 12.8 Å². The van der Waals surface area contributed by atoms with Gasteiger partial charge in [0.25, 0.3) is 0 Å². The summed E-state index contributed by atoms with van der Waals surface area (Å²) in [5, 5.41) is 8.66. The number of carbonyl (C=O) groups excluding carboxylic acids is 2. The number of nitrogens with zero attached hydrogens (tertiary/aromatic N) is 1. The molecule has 1 aromatic heterocycles. The van der Waals surface area contributed by atoms with Gasteiger partial charge >= 0.3 is 5.97 Å². The van der Waals surface area contributed by atoms with Gasteiger partial charge in [0.2, 0.25) is 5.91 Å². The van der Waals surface area contributed by atoms with Crippen LogP contribution in [0.4, 0.5) is 5.82 Å². The number of hydrogen-bond acceptors (Lipinski definition) is 4. The van der Waals surface area contributed by atoms with Crippen LogP contribution in [0.15, 0.2) is 6.20 Å². The van der Waals surface area contributed by atoms with Crippen molar-refractivity contribution in [1.29, 1.82) is 0 Å². The van der Waals surface area contributed by atoms with E-state index in [2.05, 4.69) is 15.5 Å². The third-order valence-corrected chi connectivity index (χ3v) is 1.91. The molecule has 6 nitrogen and oxygen atoms in total. The Kier molecular flexibility index (Phi) is 4.78. The minimum absolute atomic E-state index is 0.169. The van der Waals surface area contributed by atoms with Crippen LogP contribution in [-0.4, -0.2) is 34.6 Å². The highest BCUT2D eigenvalue weighted by atomic mass is 35.5. The Balaban J connectivity index is 2.70. The van der Waals surface area contributed by atoms with Crippen LogP contribution in [0.3, 0.4) is 0 Å². The molecular formula is C9H12ClN3O3. The van der Waals surface area contributed by atoms with E-state index in [1.165, 1.54) is 6.20 Å². The van der Waals surface area contributed by atoms with Crippen LogP contribution in [0.5, 0.6) is 0 Å². The molecule has 0 unspecified atom stereocenters. The summed E-state index contributed by atoms with van der Waals surface area (Å²) in [6.07, 6.45) is 1.47. The second kappa shape index (κ2) is 6.12. The summed E-state index contributed by atoms with van der Waals surface area (Å²) in [5.74, 6) is -0.370. The Morgan fingerprint density at radius 3 is 3.00 bits per heavy atom. The molecule has 88 valence electrons. The Bertz CT molecular complexity index is 378. The highest BCUT2D eigenvalue weighted by molar-refractivity contribution is 6.19. The first-order chi connectivity index (χ1) is 7.69. The number of hydrogen-bond donors (Lipinski definition) is 2. The zero-order chi connectivity index (χ0) is 12.0. The van der Waals surface area contributed by atoms with Crippen LogP contribution in [0, 0.1) is 0 Å². The first-order valence-corrected chi connectivity index (χ1v) is 5.28. The van der Waals surface area contributed by atoms with Crippen molar-refractivity contribution >= 4 is 29.3 Å². The molecule has 0 radical (unpaired) electrons. The maximum Gasteiger partial charge on any atom is 0.343 e. The number of aromatic amines is 1. The van der Waals surface area contributed by atoms with E-state index in [0.717, 1.165) is 0 Å². The summed E-state index contributed by atoms with van der Waals surface area (Å²) in [4.78, 5) is 22.7. The van der Waals surface area contributed by atoms with Crippen molar-refractivity contribution in [2.24, 2.45) is 0 Å². The number of esters is 1. The maximum absolute atomic E-state index is 11.4. The Morgan fingerprint density at radius 2 is 2.38 bits per heavy atom. The molecule has 0 saturated carbocycles. The lowest BCUT2D eigenvalue weighted by atomic mass is 10.3. The number of nitrogens with one attached hydrogen (secondary N) is 2. The number of amides is 1.